The Balaban J connectivity index is 2.11. The fourth-order valence-corrected chi connectivity index (χ4v) is 5.05. The van der Waals surface area contributed by atoms with Crippen LogP contribution < -0.4 is 5.32 Å². The minimum Gasteiger partial charge on any atom is -0.315 e. The van der Waals surface area contributed by atoms with E-state index in [-0.39, 0.29) is 11.3 Å². The van der Waals surface area contributed by atoms with Crippen LogP contribution in [0.2, 0.25) is 0 Å². The van der Waals surface area contributed by atoms with Crippen molar-refractivity contribution < 1.29 is 8.42 Å². The van der Waals surface area contributed by atoms with Gasteiger partial charge in [-0.3, -0.25) is 0 Å². The van der Waals surface area contributed by atoms with E-state index in [0.717, 1.165) is 45.2 Å². The van der Waals surface area contributed by atoms with E-state index in [0.29, 0.717) is 6.54 Å². The van der Waals surface area contributed by atoms with Gasteiger partial charge in [0.2, 0.25) is 10.0 Å². The van der Waals surface area contributed by atoms with E-state index in [9.17, 15) is 8.42 Å². The molecule has 94 valence electrons. The number of sulfonamides is 1. The van der Waals surface area contributed by atoms with Gasteiger partial charge in [-0.05, 0) is 38.6 Å². The summed E-state index contributed by atoms with van der Waals surface area (Å²) in [5.41, 5.74) is 0. The fourth-order valence-electron chi connectivity index (χ4n) is 2.82. The Bertz CT molecular complexity index is 323. The van der Waals surface area contributed by atoms with Crippen molar-refractivity contribution >= 4 is 10.0 Å². The molecule has 2 heterocycles. The van der Waals surface area contributed by atoms with E-state index >= 15 is 0 Å². The van der Waals surface area contributed by atoms with Crippen molar-refractivity contribution in [3.63, 3.8) is 0 Å². The Hall–Kier alpha value is -0.130. The lowest BCUT2D eigenvalue weighted by molar-refractivity contribution is 0.365. The summed E-state index contributed by atoms with van der Waals surface area (Å²) in [6, 6.07) is 0.256. The first kappa shape index (κ1) is 12.3. The van der Waals surface area contributed by atoms with Crippen LogP contribution in [0, 0.1) is 0 Å². The molecule has 16 heavy (non-hydrogen) atoms. The summed E-state index contributed by atoms with van der Waals surface area (Å²) in [7, 11) is -3.05. The highest BCUT2D eigenvalue weighted by Gasteiger charge is 2.38. The van der Waals surface area contributed by atoms with Gasteiger partial charge in [0.1, 0.15) is 0 Å². The number of hydrogen-bond acceptors (Lipinski definition) is 3. The predicted octanol–water partition coefficient (Wildman–Crippen LogP) is 0.943. The second-order valence-corrected chi connectivity index (χ2v) is 6.99. The quantitative estimate of drug-likeness (QED) is 0.806. The van der Waals surface area contributed by atoms with Gasteiger partial charge in [0.25, 0.3) is 0 Å². The van der Waals surface area contributed by atoms with Gasteiger partial charge in [-0.25, -0.2) is 8.42 Å². The standard InChI is InChI=1S/C11H22N2O2S/c1-2-10-5-4-8-13(10)16(14,15)11-6-3-7-12-9-11/h10-12H,2-9H2,1H3. The first-order chi connectivity index (χ1) is 7.66. The Labute approximate surface area is 98.4 Å². The van der Waals surface area contributed by atoms with Crippen molar-refractivity contribution in [3.05, 3.63) is 0 Å². The SMILES string of the molecule is CCC1CCCN1S(=O)(=O)C1CCCNC1. The summed E-state index contributed by atoms with van der Waals surface area (Å²) in [4.78, 5) is 0. The fraction of sp³-hybridized carbons (Fsp3) is 1.00. The van der Waals surface area contributed by atoms with Crippen LogP contribution in [-0.2, 0) is 10.0 Å². The molecule has 0 aromatic heterocycles. The molecular formula is C11H22N2O2S. The maximum absolute atomic E-state index is 12.4. The van der Waals surface area contributed by atoms with Gasteiger partial charge < -0.3 is 5.32 Å². The molecule has 2 atom stereocenters. The topological polar surface area (TPSA) is 49.4 Å². The first-order valence-electron chi connectivity index (χ1n) is 6.37. The van der Waals surface area contributed by atoms with Crippen molar-refractivity contribution in [2.45, 2.75) is 50.3 Å². The zero-order valence-electron chi connectivity index (χ0n) is 9.98. The van der Waals surface area contributed by atoms with Crippen LogP contribution >= 0.6 is 0 Å². The normalized spacial score (nSPS) is 33.1. The van der Waals surface area contributed by atoms with E-state index in [2.05, 4.69) is 12.2 Å². The molecule has 2 aliphatic heterocycles. The van der Waals surface area contributed by atoms with E-state index in [1.165, 1.54) is 0 Å². The first-order valence-corrected chi connectivity index (χ1v) is 7.88. The van der Waals surface area contributed by atoms with Gasteiger partial charge in [-0.2, -0.15) is 4.31 Å². The van der Waals surface area contributed by atoms with Crippen LogP contribution in [0.3, 0.4) is 0 Å². The lowest BCUT2D eigenvalue weighted by Gasteiger charge is -2.30. The molecule has 2 saturated heterocycles. The molecule has 0 aromatic rings. The maximum atomic E-state index is 12.4. The molecule has 0 amide bonds. The second-order valence-electron chi connectivity index (χ2n) is 4.83. The molecule has 5 heteroatoms. The Morgan fingerprint density at radius 3 is 2.75 bits per heavy atom. The molecule has 0 bridgehead atoms. The minimum absolute atomic E-state index is 0.187. The van der Waals surface area contributed by atoms with Gasteiger partial charge in [0.15, 0.2) is 0 Å². The average Bonchev–Trinajstić information content (AvgIpc) is 2.79. The van der Waals surface area contributed by atoms with Crippen LogP contribution in [0.15, 0.2) is 0 Å². The third-order valence-corrected chi connectivity index (χ3v) is 6.17. The van der Waals surface area contributed by atoms with Crippen molar-refractivity contribution in [3.8, 4) is 0 Å². The second kappa shape index (κ2) is 5.02. The van der Waals surface area contributed by atoms with E-state index in [1.807, 2.05) is 0 Å². The lowest BCUT2D eigenvalue weighted by Crippen LogP contribution is -2.47. The third-order valence-electron chi connectivity index (χ3n) is 3.79. The summed E-state index contributed by atoms with van der Waals surface area (Å²) < 4.78 is 26.7. The highest BCUT2D eigenvalue weighted by atomic mass is 32.2. The molecule has 2 unspecified atom stereocenters. The molecule has 2 fully saturated rings. The molecule has 0 radical (unpaired) electrons. The average molecular weight is 246 g/mol. The van der Waals surface area contributed by atoms with Gasteiger partial charge in [-0.1, -0.05) is 6.92 Å². The Morgan fingerprint density at radius 2 is 2.12 bits per heavy atom. The minimum atomic E-state index is -3.05. The highest BCUT2D eigenvalue weighted by molar-refractivity contribution is 7.89. The Kier molecular flexibility index (Phi) is 3.87. The van der Waals surface area contributed by atoms with Gasteiger partial charge in [-0.15, -0.1) is 0 Å². The smallest absolute Gasteiger partial charge is 0.218 e. The Morgan fingerprint density at radius 1 is 1.31 bits per heavy atom. The molecule has 2 aliphatic rings. The van der Waals surface area contributed by atoms with Crippen molar-refractivity contribution in [1.29, 1.82) is 0 Å². The number of nitrogens with one attached hydrogen (secondary N) is 1. The van der Waals surface area contributed by atoms with E-state index < -0.39 is 10.0 Å². The van der Waals surface area contributed by atoms with Crippen LogP contribution in [0.5, 0.6) is 0 Å². The monoisotopic (exact) mass is 246 g/mol. The molecule has 1 N–H and O–H groups in total. The van der Waals surface area contributed by atoms with Gasteiger partial charge in [0.05, 0.1) is 5.25 Å². The molecule has 0 spiro atoms. The molecule has 0 aromatic carbocycles. The van der Waals surface area contributed by atoms with E-state index in [4.69, 9.17) is 0 Å². The number of nitrogens with zero attached hydrogens (tertiary/aromatic N) is 1. The van der Waals surface area contributed by atoms with Crippen molar-refractivity contribution in [2.75, 3.05) is 19.6 Å². The molecule has 0 aliphatic carbocycles. The summed E-state index contributed by atoms with van der Waals surface area (Å²) in [6.07, 6.45) is 4.81. The molecule has 0 saturated carbocycles. The van der Waals surface area contributed by atoms with Crippen molar-refractivity contribution in [2.24, 2.45) is 0 Å². The molecular weight excluding hydrogens is 224 g/mol. The third kappa shape index (κ3) is 2.26. The van der Waals surface area contributed by atoms with Gasteiger partial charge in [0, 0.05) is 19.1 Å². The van der Waals surface area contributed by atoms with Crippen LogP contribution in [-0.4, -0.2) is 43.6 Å². The largest absolute Gasteiger partial charge is 0.315 e. The summed E-state index contributed by atoms with van der Waals surface area (Å²) in [5.74, 6) is 0. The van der Waals surface area contributed by atoms with Crippen molar-refractivity contribution in [1.82, 2.24) is 9.62 Å². The van der Waals surface area contributed by atoms with Crippen LogP contribution in [0.4, 0.5) is 0 Å². The van der Waals surface area contributed by atoms with Gasteiger partial charge >= 0.3 is 0 Å². The number of hydrogen-bond donors (Lipinski definition) is 1. The van der Waals surface area contributed by atoms with E-state index in [1.54, 1.807) is 4.31 Å². The maximum Gasteiger partial charge on any atom is 0.218 e. The molecule has 4 nitrogen and oxygen atoms in total. The lowest BCUT2D eigenvalue weighted by atomic mass is 10.2. The molecule has 2 rings (SSSR count). The predicted molar refractivity (Wildman–Crippen MR) is 64.8 cm³/mol. The zero-order chi connectivity index (χ0) is 11.6. The zero-order valence-corrected chi connectivity index (χ0v) is 10.8. The van der Waals surface area contributed by atoms with Crippen LogP contribution in [0.1, 0.15) is 39.0 Å². The van der Waals surface area contributed by atoms with Crippen LogP contribution in [0.25, 0.3) is 0 Å². The summed E-state index contributed by atoms with van der Waals surface area (Å²) in [6.45, 7) is 4.41. The summed E-state index contributed by atoms with van der Waals surface area (Å²) >= 11 is 0. The number of rotatable bonds is 3. The highest BCUT2D eigenvalue weighted by Crippen LogP contribution is 2.27. The number of piperidine rings is 1. The summed E-state index contributed by atoms with van der Waals surface area (Å²) in [5, 5.41) is 3.00.